The van der Waals surface area contributed by atoms with Crippen LogP contribution in [0.25, 0.3) is 0 Å². The summed E-state index contributed by atoms with van der Waals surface area (Å²) in [6, 6.07) is 0. The number of ether oxygens (including phenoxy) is 1. The molecule has 0 bridgehead atoms. The van der Waals surface area contributed by atoms with E-state index in [0.717, 1.165) is 0 Å². The van der Waals surface area contributed by atoms with Crippen LogP contribution in [0.2, 0.25) is 19.6 Å². The highest BCUT2D eigenvalue weighted by molar-refractivity contribution is 6.77. The van der Waals surface area contributed by atoms with Gasteiger partial charge in [-0.3, -0.25) is 0 Å². The van der Waals surface area contributed by atoms with Crippen LogP contribution >= 0.6 is 0 Å². The summed E-state index contributed by atoms with van der Waals surface area (Å²) in [5.74, 6) is -0.320. The van der Waals surface area contributed by atoms with Crippen LogP contribution in [0.5, 0.6) is 0 Å². The monoisotopic (exact) mass is 172 g/mol. The Balaban J connectivity index is 3.97. The number of hydrogen-bond acceptors (Lipinski definition) is 2. The number of carbonyl (C=O) groups is 1. The zero-order chi connectivity index (χ0) is 9.07. The maximum atomic E-state index is 10.8. The summed E-state index contributed by atoms with van der Waals surface area (Å²) in [5, 5.41) is 0. The smallest absolute Gasteiger partial charge is 0.330 e. The minimum Gasteiger partial charge on any atom is -0.463 e. The summed E-state index contributed by atoms with van der Waals surface area (Å²) in [4.78, 5) is 10.8. The zero-order valence-electron chi connectivity index (χ0n) is 7.68. The van der Waals surface area contributed by atoms with Crippen LogP contribution < -0.4 is 0 Å². The molecule has 0 spiro atoms. The highest BCUT2D eigenvalue weighted by atomic mass is 28.3. The molecular weight excluding hydrogens is 156 g/mol. The number of rotatable bonds is 3. The van der Waals surface area contributed by atoms with Gasteiger partial charge in [-0.15, -0.1) is 0 Å². The quantitative estimate of drug-likeness (QED) is 0.370. The Hall–Kier alpha value is -0.573. The summed E-state index contributed by atoms with van der Waals surface area (Å²) >= 11 is 0. The van der Waals surface area contributed by atoms with Crippen molar-refractivity contribution in [1.29, 1.82) is 0 Å². The molecule has 1 unspecified atom stereocenters. The van der Waals surface area contributed by atoms with Gasteiger partial charge in [-0.05, 0) is 6.92 Å². The van der Waals surface area contributed by atoms with Gasteiger partial charge in [0.05, 0.1) is 13.8 Å². The summed E-state index contributed by atoms with van der Waals surface area (Å²) in [6.45, 7) is 11.8. The van der Waals surface area contributed by atoms with E-state index in [4.69, 9.17) is 4.74 Å². The molecule has 3 heteroatoms. The Morgan fingerprint density at radius 2 is 2.00 bits per heavy atom. The van der Waals surface area contributed by atoms with Crippen molar-refractivity contribution in [2.75, 3.05) is 0 Å². The van der Waals surface area contributed by atoms with E-state index in [9.17, 15) is 4.79 Å². The van der Waals surface area contributed by atoms with Gasteiger partial charge in [-0.1, -0.05) is 26.2 Å². The second-order valence-corrected chi connectivity index (χ2v) is 9.19. The fraction of sp³-hybridized carbons (Fsp3) is 0.625. The SMILES string of the molecule is C=CC(=O)OC(C)[Si](C)(C)C. The van der Waals surface area contributed by atoms with E-state index in [0.29, 0.717) is 0 Å². The summed E-state index contributed by atoms with van der Waals surface area (Å²) < 4.78 is 5.07. The van der Waals surface area contributed by atoms with Crippen molar-refractivity contribution >= 4 is 14.0 Å². The van der Waals surface area contributed by atoms with E-state index in [1.807, 2.05) is 6.92 Å². The number of carbonyl (C=O) groups excluding carboxylic acids is 1. The maximum absolute atomic E-state index is 10.8. The van der Waals surface area contributed by atoms with Crippen molar-refractivity contribution in [3.05, 3.63) is 12.7 Å². The molecule has 0 amide bonds. The Labute approximate surface area is 69.3 Å². The van der Waals surface area contributed by atoms with E-state index < -0.39 is 8.07 Å². The molecule has 0 heterocycles. The molecule has 0 aliphatic carbocycles. The van der Waals surface area contributed by atoms with Gasteiger partial charge in [0, 0.05) is 6.08 Å². The first-order chi connectivity index (χ1) is 4.88. The number of esters is 1. The average Bonchev–Trinajstić information content (AvgIpc) is 1.85. The van der Waals surface area contributed by atoms with Gasteiger partial charge in [0.1, 0.15) is 0 Å². The van der Waals surface area contributed by atoms with Crippen molar-refractivity contribution in [2.24, 2.45) is 0 Å². The molecular formula is C8H16O2Si. The van der Waals surface area contributed by atoms with Crippen LogP contribution in [-0.2, 0) is 9.53 Å². The molecule has 0 fully saturated rings. The van der Waals surface area contributed by atoms with E-state index in [-0.39, 0.29) is 11.7 Å². The molecule has 0 aromatic heterocycles. The summed E-state index contributed by atoms with van der Waals surface area (Å²) in [5.41, 5.74) is 0.0630. The minimum atomic E-state index is -1.33. The van der Waals surface area contributed by atoms with Crippen molar-refractivity contribution < 1.29 is 9.53 Å². The Morgan fingerprint density at radius 3 is 2.27 bits per heavy atom. The maximum Gasteiger partial charge on any atom is 0.330 e. The molecule has 0 rings (SSSR count). The summed E-state index contributed by atoms with van der Waals surface area (Å²) in [6.07, 6.45) is 1.20. The molecule has 0 aliphatic heterocycles. The first-order valence-electron chi connectivity index (χ1n) is 3.71. The predicted molar refractivity (Wildman–Crippen MR) is 49.1 cm³/mol. The molecule has 0 aromatic carbocycles. The summed E-state index contributed by atoms with van der Waals surface area (Å²) in [7, 11) is -1.33. The zero-order valence-corrected chi connectivity index (χ0v) is 8.68. The van der Waals surface area contributed by atoms with Gasteiger partial charge in [0.25, 0.3) is 0 Å². The second kappa shape index (κ2) is 3.71. The lowest BCUT2D eigenvalue weighted by Gasteiger charge is -2.24. The van der Waals surface area contributed by atoms with Crippen molar-refractivity contribution in [3.8, 4) is 0 Å². The highest BCUT2D eigenvalue weighted by Gasteiger charge is 2.25. The molecule has 11 heavy (non-hydrogen) atoms. The minimum absolute atomic E-state index is 0.0630. The Morgan fingerprint density at radius 1 is 1.55 bits per heavy atom. The normalized spacial score (nSPS) is 13.8. The fourth-order valence-corrected chi connectivity index (χ4v) is 0.869. The third-order valence-corrected chi connectivity index (χ3v) is 4.24. The first-order valence-corrected chi connectivity index (χ1v) is 7.28. The molecule has 1 atom stereocenters. The lowest BCUT2D eigenvalue weighted by molar-refractivity contribution is -0.139. The average molecular weight is 172 g/mol. The van der Waals surface area contributed by atoms with Gasteiger partial charge in [0.2, 0.25) is 0 Å². The Bertz CT molecular complexity index is 158. The first kappa shape index (κ1) is 10.4. The van der Waals surface area contributed by atoms with Crippen LogP contribution in [0.4, 0.5) is 0 Å². The third kappa shape index (κ3) is 3.98. The Kier molecular flexibility index (Phi) is 3.52. The van der Waals surface area contributed by atoms with Gasteiger partial charge in [-0.25, -0.2) is 4.79 Å². The third-order valence-electron chi connectivity index (χ3n) is 1.68. The molecule has 2 nitrogen and oxygen atoms in total. The van der Waals surface area contributed by atoms with Crippen LogP contribution in [0.3, 0.4) is 0 Å². The van der Waals surface area contributed by atoms with E-state index in [2.05, 4.69) is 26.2 Å². The largest absolute Gasteiger partial charge is 0.463 e. The molecule has 0 aromatic rings. The molecule has 0 N–H and O–H groups in total. The topological polar surface area (TPSA) is 26.3 Å². The van der Waals surface area contributed by atoms with Crippen molar-refractivity contribution in [1.82, 2.24) is 0 Å². The van der Waals surface area contributed by atoms with E-state index in [1.54, 1.807) is 0 Å². The van der Waals surface area contributed by atoms with E-state index in [1.165, 1.54) is 6.08 Å². The molecule has 0 saturated carbocycles. The van der Waals surface area contributed by atoms with Crippen LogP contribution in [0, 0.1) is 0 Å². The molecule has 0 radical (unpaired) electrons. The highest BCUT2D eigenvalue weighted by Crippen LogP contribution is 2.10. The molecule has 0 aliphatic rings. The van der Waals surface area contributed by atoms with Gasteiger partial charge >= 0.3 is 5.97 Å². The van der Waals surface area contributed by atoms with Crippen molar-refractivity contribution in [2.45, 2.75) is 32.3 Å². The van der Waals surface area contributed by atoms with Crippen molar-refractivity contribution in [3.63, 3.8) is 0 Å². The van der Waals surface area contributed by atoms with Gasteiger partial charge < -0.3 is 4.74 Å². The van der Waals surface area contributed by atoms with Crippen LogP contribution in [0.1, 0.15) is 6.92 Å². The molecule has 64 valence electrons. The lowest BCUT2D eigenvalue weighted by Crippen LogP contribution is -2.39. The second-order valence-electron chi connectivity index (χ2n) is 3.65. The van der Waals surface area contributed by atoms with Gasteiger partial charge in [0.15, 0.2) is 0 Å². The standard InChI is InChI=1S/C8H16O2Si/c1-6-8(9)10-7(2)11(3,4)5/h6-7H,1H2,2-5H3. The number of hydrogen-bond donors (Lipinski definition) is 0. The van der Waals surface area contributed by atoms with Crippen LogP contribution in [-0.4, -0.2) is 19.8 Å². The lowest BCUT2D eigenvalue weighted by atomic mass is 10.6. The van der Waals surface area contributed by atoms with Gasteiger partial charge in [-0.2, -0.15) is 0 Å². The fourth-order valence-electron chi connectivity index (χ4n) is 0.399. The molecule has 0 saturated heterocycles. The predicted octanol–water partition coefficient (Wildman–Crippen LogP) is 1.98. The van der Waals surface area contributed by atoms with Crippen LogP contribution in [0.15, 0.2) is 12.7 Å². The van der Waals surface area contributed by atoms with E-state index >= 15 is 0 Å².